The highest BCUT2D eigenvalue weighted by atomic mass is 16.2. The molecule has 0 atom stereocenters. The summed E-state index contributed by atoms with van der Waals surface area (Å²) in [5.74, 6) is 0.222. The maximum Gasteiger partial charge on any atom is 0.236 e. The number of hydrogen-bond donors (Lipinski definition) is 1. The van der Waals surface area contributed by atoms with Crippen LogP contribution in [0.3, 0.4) is 0 Å². The average molecular weight is 261 g/mol. The Morgan fingerprint density at radius 1 is 1.32 bits per heavy atom. The van der Waals surface area contributed by atoms with Gasteiger partial charge in [-0.15, -0.1) is 0 Å². The Balaban J connectivity index is 1.88. The molecule has 0 heterocycles. The van der Waals surface area contributed by atoms with Crippen LogP contribution >= 0.6 is 0 Å². The Bertz CT molecular complexity index is 426. The van der Waals surface area contributed by atoms with Crippen LogP contribution in [0.15, 0.2) is 24.3 Å². The fourth-order valence-corrected chi connectivity index (χ4v) is 2.13. The molecule has 0 unspecified atom stereocenters. The van der Waals surface area contributed by atoms with E-state index in [4.69, 9.17) is 5.73 Å². The lowest BCUT2D eigenvalue weighted by molar-refractivity contribution is -0.131. The third-order valence-corrected chi connectivity index (χ3v) is 3.68. The summed E-state index contributed by atoms with van der Waals surface area (Å²) in [4.78, 5) is 16.2. The van der Waals surface area contributed by atoms with Gasteiger partial charge < -0.3 is 10.6 Å². The molecule has 4 nitrogen and oxygen atoms in total. The molecule has 1 amide bonds. The SMILES string of the molecule is CCN(CC(=O)N(C)C1CC1)Cc1ccc(N)cc1. The Morgan fingerprint density at radius 3 is 2.47 bits per heavy atom. The number of nitrogens with zero attached hydrogens (tertiary/aromatic N) is 2. The van der Waals surface area contributed by atoms with Crippen molar-refractivity contribution in [1.29, 1.82) is 0 Å². The van der Waals surface area contributed by atoms with Crippen molar-refractivity contribution in [2.75, 3.05) is 25.9 Å². The van der Waals surface area contributed by atoms with Gasteiger partial charge in [0.25, 0.3) is 0 Å². The topological polar surface area (TPSA) is 49.6 Å². The highest BCUT2D eigenvalue weighted by molar-refractivity contribution is 5.78. The Labute approximate surface area is 115 Å². The van der Waals surface area contributed by atoms with Gasteiger partial charge in [0.2, 0.25) is 5.91 Å². The molecule has 2 rings (SSSR count). The van der Waals surface area contributed by atoms with Gasteiger partial charge in [0.1, 0.15) is 0 Å². The standard InChI is InChI=1S/C15H23N3O/c1-3-18(10-12-4-6-13(16)7-5-12)11-15(19)17(2)14-8-9-14/h4-7,14H,3,8-11,16H2,1-2H3. The molecule has 4 heteroatoms. The molecule has 1 aliphatic rings. The molecule has 2 N–H and O–H groups in total. The predicted molar refractivity (Wildman–Crippen MR) is 77.6 cm³/mol. The number of nitrogen functional groups attached to an aromatic ring is 1. The summed E-state index contributed by atoms with van der Waals surface area (Å²) >= 11 is 0. The fraction of sp³-hybridized carbons (Fsp3) is 0.533. The van der Waals surface area contributed by atoms with Crippen LogP contribution in [0.2, 0.25) is 0 Å². The van der Waals surface area contributed by atoms with Gasteiger partial charge in [0, 0.05) is 25.3 Å². The molecule has 104 valence electrons. The van der Waals surface area contributed by atoms with Crippen LogP contribution in [0.5, 0.6) is 0 Å². The van der Waals surface area contributed by atoms with Crippen molar-refractivity contribution in [2.45, 2.75) is 32.4 Å². The number of anilines is 1. The first kappa shape index (κ1) is 13.9. The molecule has 0 saturated heterocycles. The van der Waals surface area contributed by atoms with Crippen LogP contribution in [-0.2, 0) is 11.3 Å². The summed E-state index contributed by atoms with van der Waals surface area (Å²) in [5, 5.41) is 0. The summed E-state index contributed by atoms with van der Waals surface area (Å²) < 4.78 is 0. The minimum absolute atomic E-state index is 0.222. The molecule has 1 aromatic carbocycles. The van der Waals surface area contributed by atoms with Crippen molar-refractivity contribution < 1.29 is 4.79 Å². The number of rotatable bonds is 6. The summed E-state index contributed by atoms with van der Waals surface area (Å²) in [6.07, 6.45) is 2.32. The van der Waals surface area contributed by atoms with Crippen molar-refractivity contribution in [1.82, 2.24) is 9.80 Å². The van der Waals surface area contributed by atoms with Crippen LogP contribution in [0.4, 0.5) is 5.69 Å². The van der Waals surface area contributed by atoms with Gasteiger partial charge >= 0.3 is 0 Å². The van der Waals surface area contributed by atoms with Crippen molar-refractivity contribution in [2.24, 2.45) is 0 Å². The molecule has 1 aliphatic carbocycles. The van der Waals surface area contributed by atoms with E-state index in [0.717, 1.165) is 31.6 Å². The van der Waals surface area contributed by atoms with Gasteiger partial charge in [-0.25, -0.2) is 0 Å². The highest BCUT2D eigenvalue weighted by Crippen LogP contribution is 2.25. The third kappa shape index (κ3) is 3.96. The predicted octanol–water partition coefficient (Wildman–Crippen LogP) is 1.71. The van der Waals surface area contributed by atoms with E-state index in [1.807, 2.05) is 36.2 Å². The molecule has 1 aromatic rings. The molecule has 0 spiro atoms. The Hall–Kier alpha value is -1.55. The summed E-state index contributed by atoms with van der Waals surface area (Å²) in [6, 6.07) is 8.34. The second kappa shape index (κ2) is 6.06. The minimum Gasteiger partial charge on any atom is -0.399 e. The molecule has 0 aliphatic heterocycles. The second-order valence-electron chi connectivity index (χ2n) is 5.28. The van der Waals surface area contributed by atoms with Crippen molar-refractivity contribution in [3.8, 4) is 0 Å². The molecule has 0 bridgehead atoms. The van der Waals surface area contributed by atoms with Gasteiger partial charge in [-0.2, -0.15) is 0 Å². The second-order valence-corrected chi connectivity index (χ2v) is 5.28. The number of carbonyl (C=O) groups is 1. The maximum absolute atomic E-state index is 12.1. The van der Waals surface area contributed by atoms with Gasteiger partial charge in [0.05, 0.1) is 6.54 Å². The minimum atomic E-state index is 0.222. The van der Waals surface area contributed by atoms with E-state index in [2.05, 4.69) is 11.8 Å². The van der Waals surface area contributed by atoms with Gasteiger partial charge in [-0.1, -0.05) is 19.1 Å². The normalized spacial score (nSPS) is 14.7. The van der Waals surface area contributed by atoms with E-state index >= 15 is 0 Å². The fourth-order valence-electron chi connectivity index (χ4n) is 2.13. The van der Waals surface area contributed by atoms with E-state index in [1.54, 1.807) is 0 Å². The quantitative estimate of drug-likeness (QED) is 0.793. The van der Waals surface area contributed by atoms with Crippen molar-refractivity contribution in [3.05, 3.63) is 29.8 Å². The lowest BCUT2D eigenvalue weighted by atomic mass is 10.2. The molecule has 19 heavy (non-hydrogen) atoms. The largest absolute Gasteiger partial charge is 0.399 e. The van der Waals surface area contributed by atoms with E-state index < -0.39 is 0 Å². The number of nitrogens with two attached hydrogens (primary N) is 1. The number of likely N-dealkylation sites (N-methyl/N-ethyl adjacent to an activating group) is 2. The average Bonchev–Trinajstić information content (AvgIpc) is 3.23. The van der Waals surface area contributed by atoms with E-state index in [9.17, 15) is 4.79 Å². The highest BCUT2D eigenvalue weighted by Gasteiger charge is 2.29. The van der Waals surface area contributed by atoms with E-state index in [-0.39, 0.29) is 5.91 Å². The molecule has 0 radical (unpaired) electrons. The van der Waals surface area contributed by atoms with E-state index in [1.165, 1.54) is 5.56 Å². The lowest BCUT2D eigenvalue weighted by Crippen LogP contribution is -2.39. The Morgan fingerprint density at radius 2 is 1.95 bits per heavy atom. The molecule has 0 aromatic heterocycles. The van der Waals surface area contributed by atoms with Crippen LogP contribution in [0.25, 0.3) is 0 Å². The number of carbonyl (C=O) groups excluding carboxylic acids is 1. The lowest BCUT2D eigenvalue weighted by Gasteiger charge is -2.24. The monoisotopic (exact) mass is 261 g/mol. The zero-order valence-electron chi connectivity index (χ0n) is 11.8. The summed E-state index contributed by atoms with van der Waals surface area (Å²) in [7, 11) is 1.91. The first-order chi connectivity index (χ1) is 9.10. The third-order valence-electron chi connectivity index (χ3n) is 3.68. The Kier molecular flexibility index (Phi) is 4.43. The first-order valence-electron chi connectivity index (χ1n) is 6.92. The maximum atomic E-state index is 12.1. The first-order valence-corrected chi connectivity index (χ1v) is 6.92. The summed E-state index contributed by atoms with van der Waals surface area (Å²) in [5.41, 5.74) is 7.64. The molecular weight excluding hydrogens is 238 g/mol. The van der Waals surface area contributed by atoms with Crippen LogP contribution in [-0.4, -0.2) is 41.9 Å². The smallest absolute Gasteiger partial charge is 0.236 e. The van der Waals surface area contributed by atoms with Crippen molar-refractivity contribution in [3.63, 3.8) is 0 Å². The number of benzene rings is 1. The van der Waals surface area contributed by atoms with Crippen LogP contribution < -0.4 is 5.73 Å². The number of amides is 1. The van der Waals surface area contributed by atoms with Gasteiger partial charge in [-0.05, 0) is 37.1 Å². The molecule has 1 fully saturated rings. The van der Waals surface area contributed by atoms with Crippen molar-refractivity contribution >= 4 is 11.6 Å². The van der Waals surface area contributed by atoms with Crippen LogP contribution in [0.1, 0.15) is 25.3 Å². The number of hydrogen-bond acceptors (Lipinski definition) is 3. The zero-order chi connectivity index (χ0) is 13.8. The molecular formula is C15H23N3O. The van der Waals surface area contributed by atoms with Gasteiger partial charge in [-0.3, -0.25) is 9.69 Å². The van der Waals surface area contributed by atoms with E-state index in [0.29, 0.717) is 12.6 Å². The van der Waals surface area contributed by atoms with Gasteiger partial charge in [0.15, 0.2) is 0 Å². The molecule has 1 saturated carbocycles. The van der Waals surface area contributed by atoms with Crippen LogP contribution in [0, 0.1) is 0 Å². The zero-order valence-corrected chi connectivity index (χ0v) is 11.8. The summed E-state index contributed by atoms with van der Waals surface area (Å²) in [6.45, 7) is 4.24.